The van der Waals surface area contributed by atoms with Crippen LogP contribution in [-0.4, -0.2) is 34.0 Å². The Balaban J connectivity index is 1.86. The van der Waals surface area contributed by atoms with E-state index >= 15 is 0 Å². The molecule has 0 aliphatic carbocycles. The lowest BCUT2D eigenvalue weighted by atomic mass is 10.2. The van der Waals surface area contributed by atoms with Crippen LogP contribution in [0.5, 0.6) is 5.75 Å². The van der Waals surface area contributed by atoms with Crippen molar-refractivity contribution >= 4 is 33.7 Å². The summed E-state index contributed by atoms with van der Waals surface area (Å²) in [4.78, 5) is 23.3. The smallest absolute Gasteiger partial charge is 0.331 e. The molecule has 0 atom stereocenters. The number of ether oxygens (including phenoxy) is 2. The third-order valence-corrected chi connectivity index (χ3v) is 4.23. The minimum atomic E-state index is -3.88. The second-order valence-electron chi connectivity index (χ2n) is 5.34. The van der Waals surface area contributed by atoms with Crippen LogP contribution in [0.2, 0.25) is 0 Å². The normalized spacial score (nSPS) is 11.2. The van der Waals surface area contributed by atoms with Crippen LogP contribution in [0, 0.1) is 0 Å². The summed E-state index contributed by atoms with van der Waals surface area (Å²) in [6.45, 7) is -0.522. The molecule has 9 heteroatoms. The fourth-order valence-electron chi connectivity index (χ4n) is 2.01. The second-order valence-corrected chi connectivity index (χ2v) is 6.90. The van der Waals surface area contributed by atoms with Crippen molar-refractivity contribution in [2.24, 2.45) is 5.14 Å². The largest absolute Gasteiger partial charge is 0.497 e. The first-order valence-corrected chi connectivity index (χ1v) is 9.24. The summed E-state index contributed by atoms with van der Waals surface area (Å²) in [7, 11) is -2.32. The summed E-state index contributed by atoms with van der Waals surface area (Å²) < 4.78 is 32.5. The first kappa shape index (κ1) is 20.1. The van der Waals surface area contributed by atoms with Crippen LogP contribution in [0.3, 0.4) is 0 Å². The lowest BCUT2D eigenvalue weighted by molar-refractivity contribution is -0.142. The Morgan fingerprint density at radius 2 is 1.85 bits per heavy atom. The summed E-state index contributed by atoms with van der Waals surface area (Å²) in [5.74, 6) is -0.620. The molecule has 0 saturated heterocycles. The zero-order valence-corrected chi connectivity index (χ0v) is 15.2. The van der Waals surface area contributed by atoms with Crippen LogP contribution in [0.4, 0.5) is 5.69 Å². The van der Waals surface area contributed by atoms with Gasteiger partial charge in [-0.3, -0.25) is 4.79 Å². The fourth-order valence-corrected chi connectivity index (χ4v) is 2.57. The summed E-state index contributed by atoms with van der Waals surface area (Å²) in [5, 5.41) is 7.45. The molecular weight excluding hydrogens is 372 g/mol. The van der Waals surface area contributed by atoms with Crippen molar-refractivity contribution in [2.45, 2.75) is 4.90 Å². The number of carbonyl (C=O) groups excluding carboxylic acids is 2. The van der Waals surface area contributed by atoms with Crippen molar-refractivity contribution in [1.29, 1.82) is 0 Å². The van der Waals surface area contributed by atoms with Crippen molar-refractivity contribution < 1.29 is 27.5 Å². The number of rotatable bonds is 7. The van der Waals surface area contributed by atoms with Crippen molar-refractivity contribution in [3.63, 3.8) is 0 Å². The molecule has 0 radical (unpaired) electrons. The number of sulfonamides is 1. The Labute approximate surface area is 156 Å². The summed E-state index contributed by atoms with van der Waals surface area (Å²) in [6.07, 6.45) is 2.73. The van der Waals surface area contributed by atoms with E-state index in [1.807, 2.05) is 0 Å². The van der Waals surface area contributed by atoms with Gasteiger partial charge in [0.2, 0.25) is 10.0 Å². The van der Waals surface area contributed by atoms with Crippen molar-refractivity contribution in [3.05, 3.63) is 60.2 Å². The molecule has 2 aromatic carbocycles. The molecule has 0 saturated carbocycles. The van der Waals surface area contributed by atoms with Gasteiger partial charge in [0.25, 0.3) is 5.91 Å². The number of hydrogen-bond acceptors (Lipinski definition) is 6. The molecule has 2 rings (SSSR count). The average molecular weight is 390 g/mol. The lowest BCUT2D eigenvalue weighted by Crippen LogP contribution is -2.20. The minimum absolute atomic E-state index is 0.139. The number of nitrogens with one attached hydrogen (secondary N) is 1. The van der Waals surface area contributed by atoms with Gasteiger partial charge in [0, 0.05) is 11.8 Å². The Morgan fingerprint density at radius 1 is 1.15 bits per heavy atom. The zero-order valence-electron chi connectivity index (χ0n) is 14.4. The highest BCUT2D eigenvalue weighted by molar-refractivity contribution is 7.89. The van der Waals surface area contributed by atoms with Crippen LogP contribution in [0.1, 0.15) is 5.56 Å². The van der Waals surface area contributed by atoms with E-state index in [1.165, 1.54) is 36.4 Å². The average Bonchev–Trinajstić information content (AvgIpc) is 2.64. The van der Waals surface area contributed by atoms with E-state index in [0.717, 1.165) is 5.56 Å². The predicted molar refractivity (Wildman–Crippen MR) is 99.4 cm³/mol. The number of esters is 1. The van der Waals surface area contributed by atoms with Gasteiger partial charge < -0.3 is 14.8 Å². The van der Waals surface area contributed by atoms with Crippen molar-refractivity contribution in [2.75, 3.05) is 19.0 Å². The van der Waals surface area contributed by atoms with E-state index in [1.54, 1.807) is 31.4 Å². The van der Waals surface area contributed by atoms with Gasteiger partial charge in [0.15, 0.2) is 6.61 Å². The van der Waals surface area contributed by atoms with Gasteiger partial charge in [-0.25, -0.2) is 18.4 Å². The maximum absolute atomic E-state index is 11.8. The Morgan fingerprint density at radius 3 is 2.48 bits per heavy atom. The zero-order chi connectivity index (χ0) is 19.9. The number of carbonyl (C=O) groups is 2. The molecule has 8 nitrogen and oxygen atoms in total. The number of hydrogen-bond donors (Lipinski definition) is 2. The Hall–Kier alpha value is -3.17. The van der Waals surface area contributed by atoms with Gasteiger partial charge in [-0.15, -0.1) is 0 Å². The molecule has 0 heterocycles. The molecule has 142 valence electrons. The number of amides is 1. The molecule has 0 aliphatic heterocycles. The monoisotopic (exact) mass is 390 g/mol. The molecule has 0 bridgehead atoms. The molecule has 2 aromatic rings. The number of primary sulfonamides is 1. The van der Waals surface area contributed by atoms with Gasteiger partial charge >= 0.3 is 5.97 Å². The van der Waals surface area contributed by atoms with Crippen molar-refractivity contribution in [1.82, 2.24) is 0 Å². The first-order chi connectivity index (χ1) is 12.8. The summed E-state index contributed by atoms with van der Waals surface area (Å²) >= 11 is 0. The SMILES string of the molecule is COc1ccc(/C=C/C(=O)OCC(=O)Nc2cccc(S(N)(=O)=O)c2)cc1. The quantitative estimate of drug-likeness (QED) is 0.546. The summed E-state index contributed by atoms with van der Waals surface area (Å²) in [5.41, 5.74) is 0.980. The van der Waals surface area contributed by atoms with Gasteiger partial charge in [-0.1, -0.05) is 18.2 Å². The van der Waals surface area contributed by atoms with Crippen LogP contribution >= 0.6 is 0 Å². The minimum Gasteiger partial charge on any atom is -0.497 e. The van der Waals surface area contributed by atoms with Gasteiger partial charge in [-0.2, -0.15) is 0 Å². The Bertz CT molecular complexity index is 952. The topological polar surface area (TPSA) is 125 Å². The second kappa shape index (κ2) is 8.97. The van der Waals surface area contributed by atoms with Crippen molar-refractivity contribution in [3.8, 4) is 5.75 Å². The third-order valence-electron chi connectivity index (χ3n) is 3.32. The Kier molecular flexibility index (Phi) is 6.69. The fraction of sp³-hybridized carbons (Fsp3) is 0.111. The molecule has 0 unspecified atom stereocenters. The van der Waals surface area contributed by atoms with E-state index in [2.05, 4.69) is 5.32 Å². The number of benzene rings is 2. The van der Waals surface area contributed by atoms with Crippen LogP contribution < -0.4 is 15.2 Å². The first-order valence-electron chi connectivity index (χ1n) is 7.69. The predicted octanol–water partition coefficient (Wildman–Crippen LogP) is 1.54. The molecule has 27 heavy (non-hydrogen) atoms. The van der Waals surface area contributed by atoms with E-state index in [-0.39, 0.29) is 10.6 Å². The molecular formula is C18H18N2O6S. The van der Waals surface area contributed by atoms with E-state index in [4.69, 9.17) is 14.6 Å². The van der Waals surface area contributed by atoms with Crippen LogP contribution in [-0.2, 0) is 24.3 Å². The number of nitrogens with two attached hydrogens (primary N) is 1. The molecule has 0 fully saturated rings. The van der Waals surface area contributed by atoms with E-state index in [9.17, 15) is 18.0 Å². The molecule has 1 amide bonds. The number of anilines is 1. The molecule has 3 N–H and O–H groups in total. The van der Waals surface area contributed by atoms with Gasteiger partial charge in [0.1, 0.15) is 5.75 Å². The van der Waals surface area contributed by atoms with Gasteiger partial charge in [-0.05, 0) is 42.0 Å². The van der Waals surface area contributed by atoms with Crippen LogP contribution in [0.25, 0.3) is 6.08 Å². The maximum Gasteiger partial charge on any atom is 0.331 e. The van der Waals surface area contributed by atoms with Gasteiger partial charge in [0.05, 0.1) is 12.0 Å². The highest BCUT2D eigenvalue weighted by Gasteiger charge is 2.10. The molecule has 0 spiro atoms. The summed E-state index contributed by atoms with van der Waals surface area (Å²) in [6, 6.07) is 12.4. The molecule has 0 aliphatic rings. The standard InChI is InChI=1S/C18H18N2O6S/c1-25-15-8-5-13(6-9-15)7-10-18(22)26-12-17(21)20-14-3-2-4-16(11-14)27(19,23)24/h2-11H,12H2,1H3,(H,20,21)(H2,19,23,24)/b10-7+. The van der Waals surface area contributed by atoms with Crippen LogP contribution in [0.15, 0.2) is 59.5 Å². The highest BCUT2D eigenvalue weighted by atomic mass is 32.2. The third kappa shape index (κ3) is 6.57. The molecule has 0 aromatic heterocycles. The highest BCUT2D eigenvalue weighted by Crippen LogP contribution is 2.14. The van der Waals surface area contributed by atoms with E-state index in [0.29, 0.717) is 5.75 Å². The lowest BCUT2D eigenvalue weighted by Gasteiger charge is -2.06. The number of methoxy groups -OCH3 is 1. The maximum atomic E-state index is 11.8. The van der Waals surface area contributed by atoms with E-state index < -0.39 is 28.5 Å².